The zero-order chi connectivity index (χ0) is 17.3. The predicted octanol–water partition coefficient (Wildman–Crippen LogP) is 2.10. The summed E-state index contributed by atoms with van der Waals surface area (Å²) in [5.41, 5.74) is 1.45. The lowest BCUT2D eigenvalue weighted by Gasteiger charge is -2.34. The first-order chi connectivity index (χ1) is 11.5. The Morgan fingerprint density at radius 2 is 2.17 bits per heavy atom. The molecule has 1 aromatic carbocycles. The summed E-state index contributed by atoms with van der Waals surface area (Å²) in [6.45, 7) is 0.806. The van der Waals surface area contributed by atoms with Crippen LogP contribution in [0.15, 0.2) is 24.4 Å². The maximum absolute atomic E-state index is 11.9. The number of rotatable bonds is 5. The molecule has 3 rings (SSSR count). The van der Waals surface area contributed by atoms with Crippen molar-refractivity contribution in [3.8, 4) is 5.75 Å². The standard InChI is InChI=1S/C17H20N2O5/c1-24-11-4-5-14-12(7-11)13(8-18-14)15(17(22)23)19-6-2-3-10(9-19)16(20)21/h4-5,7-8,10,15,18H,2-3,6,9H2,1H3,(H,20,21)(H,22,23)/t10-,15-/m0/s1. The number of H-pyrrole nitrogens is 1. The van der Waals surface area contributed by atoms with E-state index in [1.54, 1.807) is 30.3 Å². The van der Waals surface area contributed by atoms with Gasteiger partial charge in [0.1, 0.15) is 11.8 Å². The van der Waals surface area contributed by atoms with Crippen LogP contribution in [-0.2, 0) is 9.59 Å². The molecule has 0 aliphatic carbocycles. The highest BCUT2D eigenvalue weighted by molar-refractivity contribution is 5.90. The van der Waals surface area contributed by atoms with Crippen LogP contribution >= 0.6 is 0 Å². The zero-order valence-electron chi connectivity index (χ0n) is 13.4. The van der Waals surface area contributed by atoms with Gasteiger partial charge in [-0.2, -0.15) is 0 Å². The molecule has 0 radical (unpaired) electrons. The largest absolute Gasteiger partial charge is 0.497 e. The van der Waals surface area contributed by atoms with Gasteiger partial charge in [-0.15, -0.1) is 0 Å². The number of aromatic nitrogens is 1. The van der Waals surface area contributed by atoms with E-state index in [2.05, 4.69) is 4.98 Å². The van der Waals surface area contributed by atoms with E-state index < -0.39 is 23.9 Å². The molecule has 24 heavy (non-hydrogen) atoms. The molecule has 0 amide bonds. The first-order valence-electron chi connectivity index (χ1n) is 7.86. The third-order valence-electron chi connectivity index (χ3n) is 4.62. The Bertz CT molecular complexity index is 769. The van der Waals surface area contributed by atoms with Crippen LogP contribution in [0.5, 0.6) is 5.75 Å². The number of benzene rings is 1. The van der Waals surface area contributed by atoms with Crippen molar-refractivity contribution in [2.24, 2.45) is 5.92 Å². The fourth-order valence-electron chi connectivity index (χ4n) is 3.40. The number of nitrogens with one attached hydrogen (secondary N) is 1. The second kappa shape index (κ2) is 6.52. The van der Waals surface area contributed by atoms with Gasteiger partial charge in [-0.25, -0.2) is 0 Å². The van der Waals surface area contributed by atoms with E-state index in [0.717, 1.165) is 10.9 Å². The summed E-state index contributed by atoms with van der Waals surface area (Å²) in [6, 6.07) is 4.57. The van der Waals surface area contributed by atoms with Crippen LogP contribution in [-0.4, -0.2) is 52.2 Å². The lowest BCUT2D eigenvalue weighted by molar-refractivity contribution is -0.149. The molecule has 128 valence electrons. The third kappa shape index (κ3) is 2.94. The van der Waals surface area contributed by atoms with Gasteiger partial charge in [-0.05, 0) is 37.6 Å². The number of nitrogens with zero attached hydrogens (tertiary/aromatic N) is 1. The first kappa shape index (κ1) is 16.3. The number of carboxylic acids is 2. The minimum atomic E-state index is -0.982. The first-order valence-corrected chi connectivity index (χ1v) is 7.86. The molecule has 1 aliphatic heterocycles. The molecule has 0 spiro atoms. The Kier molecular flexibility index (Phi) is 4.44. The maximum Gasteiger partial charge on any atom is 0.325 e. The molecule has 7 heteroatoms. The number of piperidine rings is 1. The maximum atomic E-state index is 11.9. The number of fused-ring (bicyclic) bond motifs is 1. The summed E-state index contributed by atoms with van der Waals surface area (Å²) in [5.74, 6) is -1.73. The Balaban J connectivity index is 1.99. The minimum absolute atomic E-state index is 0.239. The van der Waals surface area contributed by atoms with E-state index in [4.69, 9.17) is 4.74 Å². The van der Waals surface area contributed by atoms with E-state index in [-0.39, 0.29) is 6.54 Å². The normalized spacial score (nSPS) is 20.0. The number of hydrogen-bond acceptors (Lipinski definition) is 4. The highest BCUT2D eigenvalue weighted by Gasteiger charge is 2.35. The van der Waals surface area contributed by atoms with E-state index in [1.165, 1.54) is 0 Å². The molecular weight excluding hydrogens is 312 g/mol. The number of aromatic amines is 1. The van der Waals surface area contributed by atoms with Crippen LogP contribution < -0.4 is 4.74 Å². The van der Waals surface area contributed by atoms with E-state index in [0.29, 0.717) is 30.7 Å². The lowest BCUT2D eigenvalue weighted by Crippen LogP contribution is -2.43. The number of methoxy groups -OCH3 is 1. The number of aliphatic carboxylic acids is 2. The summed E-state index contributed by atoms with van der Waals surface area (Å²) in [6.07, 6.45) is 2.94. The van der Waals surface area contributed by atoms with Gasteiger partial charge in [0.25, 0.3) is 0 Å². The molecular formula is C17H20N2O5. The summed E-state index contributed by atoms with van der Waals surface area (Å²) < 4.78 is 5.23. The molecule has 3 N–H and O–H groups in total. The number of carboxylic acid groups (broad SMARTS) is 2. The Morgan fingerprint density at radius 3 is 2.83 bits per heavy atom. The van der Waals surface area contributed by atoms with Gasteiger partial charge in [0, 0.05) is 29.2 Å². The summed E-state index contributed by atoms with van der Waals surface area (Å²) in [5, 5.41) is 19.8. The van der Waals surface area contributed by atoms with Gasteiger partial charge in [-0.3, -0.25) is 14.5 Å². The third-order valence-corrected chi connectivity index (χ3v) is 4.62. The van der Waals surface area contributed by atoms with E-state index in [9.17, 15) is 19.8 Å². The van der Waals surface area contributed by atoms with E-state index >= 15 is 0 Å². The van der Waals surface area contributed by atoms with Crippen molar-refractivity contribution in [1.29, 1.82) is 0 Å². The van der Waals surface area contributed by atoms with Gasteiger partial charge in [0.05, 0.1) is 13.0 Å². The van der Waals surface area contributed by atoms with Crippen LogP contribution in [0.25, 0.3) is 10.9 Å². The average molecular weight is 332 g/mol. The molecule has 0 bridgehead atoms. The van der Waals surface area contributed by atoms with Gasteiger partial charge in [0.2, 0.25) is 0 Å². The second-order valence-corrected chi connectivity index (χ2v) is 6.07. The van der Waals surface area contributed by atoms with Crippen molar-refractivity contribution in [2.75, 3.05) is 20.2 Å². The summed E-state index contributed by atoms with van der Waals surface area (Å²) in [4.78, 5) is 28.0. The smallest absolute Gasteiger partial charge is 0.325 e. The quantitative estimate of drug-likeness (QED) is 0.775. The van der Waals surface area contributed by atoms with Crippen molar-refractivity contribution in [1.82, 2.24) is 9.88 Å². The Labute approximate surface area is 138 Å². The van der Waals surface area contributed by atoms with Crippen molar-refractivity contribution in [3.63, 3.8) is 0 Å². The number of carbonyl (C=O) groups is 2. The van der Waals surface area contributed by atoms with Crippen LogP contribution in [0.2, 0.25) is 0 Å². The van der Waals surface area contributed by atoms with Crippen LogP contribution in [0.4, 0.5) is 0 Å². The van der Waals surface area contributed by atoms with Crippen LogP contribution in [0.3, 0.4) is 0 Å². The molecule has 1 aliphatic rings. The molecule has 1 saturated heterocycles. The molecule has 2 heterocycles. The lowest BCUT2D eigenvalue weighted by atomic mass is 9.94. The number of likely N-dealkylation sites (tertiary alicyclic amines) is 1. The van der Waals surface area contributed by atoms with Gasteiger partial charge in [0.15, 0.2) is 0 Å². The Morgan fingerprint density at radius 1 is 1.38 bits per heavy atom. The molecule has 2 atom stereocenters. The topological polar surface area (TPSA) is 103 Å². The number of ether oxygens (including phenoxy) is 1. The SMILES string of the molecule is COc1ccc2[nH]cc([C@@H](C(=O)O)N3CCC[C@H](C(=O)O)C3)c2c1. The second-order valence-electron chi connectivity index (χ2n) is 6.07. The van der Waals surface area contributed by atoms with Crippen molar-refractivity contribution in [2.45, 2.75) is 18.9 Å². The van der Waals surface area contributed by atoms with Gasteiger partial charge >= 0.3 is 11.9 Å². The average Bonchev–Trinajstić information content (AvgIpc) is 2.98. The molecule has 1 aromatic heterocycles. The predicted molar refractivity (Wildman–Crippen MR) is 87.2 cm³/mol. The number of hydrogen-bond donors (Lipinski definition) is 3. The van der Waals surface area contributed by atoms with Crippen molar-refractivity contribution < 1.29 is 24.5 Å². The van der Waals surface area contributed by atoms with Gasteiger partial charge < -0.3 is 19.9 Å². The van der Waals surface area contributed by atoms with Crippen LogP contribution in [0, 0.1) is 5.92 Å². The molecule has 0 unspecified atom stereocenters. The molecule has 0 saturated carbocycles. The van der Waals surface area contributed by atoms with Gasteiger partial charge in [-0.1, -0.05) is 0 Å². The van der Waals surface area contributed by atoms with Crippen molar-refractivity contribution >= 4 is 22.8 Å². The zero-order valence-corrected chi connectivity index (χ0v) is 13.4. The summed E-state index contributed by atoms with van der Waals surface area (Å²) in [7, 11) is 1.56. The monoisotopic (exact) mass is 332 g/mol. The molecule has 1 fully saturated rings. The molecule has 7 nitrogen and oxygen atoms in total. The Hall–Kier alpha value is -2.54. The fraction of sp³-hybridized carbons (Fsp3) is 0.412. The highest BCUT2D eigenvalue weighted by atomic mass is 16.5. The van der Waals surface area contributed by atoms with Crippen LogP contribution in [0.1, 0.15) is 24.4 Å². The van der Waals surface area contributed by atoms with E-state index in [1.807, 2.05) is 6.07 Å². The fourth-order valence-corrected chi connectivity index (χ4v) is 3.40. The highest BCUT2D eigenvalue weighted by Crippen LogP contribution is 2.33. The summed E-state index contributed by atoms with van der Waals surface area (Å²) >= 11 is 0. The minimum Gasteiger partial charge on any atom is -0.497 e. The van der Waals surface area contributed by atoms with Crippen molar-refractivity contribution in [3.05, 3.63) is 30.0 Å². The molecule has 2 aromatic rings.